The van der Waals surface area contributed by atoms with Gasteiger partial charge in [-0.2, -0.15) is 0 Å². The van der Waals surface area contributed by atoms with Gasteiger partial charge in [-0.15, -0.1) is 0 Å². The highest BCUT2D eigenvalue weighted by molar-refractivity contribution is 5.61. The molecule has 1 unspecified atom stereocenters. The first-order valence-electron chi connectivity index (χ1n) is 7.72. The van der Waals surface area contributed by atoms with Crippen LogP contribution < -0.4 is 10.2 Å². The zero-order chi connectivity index (χ0) is 15.4. The van der Waals surface area contributed by atoms with Crippen molar-refractivity contribution < 1.29 is 4.74 Å². The molecule has 0 radical (unpaired) electrons. The van der Waals surface area contributed by atoms with Crippen LogP contribution in [0.3, 0.4) is 0 Å². The fraction of sp³-hybridized carbons (Fsp3) is 0.412. The molecule has 0 saturated carbocycles. The van der Waals surface area contributed by atoms with E-state index in [-0.39, 0.29) is 0 Å². The Labute approximate surface area is 131 Å². The highest BCUT2D eigenvalue weighted by atomic mass is 16.5. The zero-order valence-electron chi connectivity index (χ0n) is 13.1. The SMILES string of the molecule is Cc1nc(NCC2CCCO2)cc(N(C)c2ccccc2)n1. The summed E-state index contributed by atoms with van der Waals surface area (Å²) in [7, 11) is 2.01. The summed E-state index contributed by atoms with van der Waals surface area (Å²) in [6.45, 7) is 3.58. The summed E-state index contributed by atoms with van der Waals surface area (Å²) >= 11 is 0. The van der Waals surface area contributed by atoms with Gasteiger partial charge in [-0.05, 0) is 31.9 Å². The average Bonchev–Trinajstić information content (AvgIpc) is 3.06. The van der Waals surface area contributed by atoms with E-state index in [1.165, 1.54) is 0 Å². The molecule has 0 spiro atoms. The van der Waals surface area contributed by atoms with Crippen molar-refractivity contribution in [1.29, 1.82) is 0 Å². The van der Waals surface area contributed by atoms with Crippen LogP contribution in [0.5, 0.6) is 0 Å². The maximum atomic E-state index is 5.64. The molecule has 0 aliphatic carbocycles. The minimum Gasteiger partial charge on any atom is -0.376 e. The molecule has 5 nitrogen and oxygen atoms in total. The van der Waals surface area contributed by atoms with Gasteiger partial charge in [0.05, 0.1) is 6.10 Å². The number of hydrogen-bond acceptors (Lipinski definition) is 5. The number of para-hydroxylation sites is 1. The van der Waals surface area contributed by atoms with Crippen molar-refractivity contribution in [1.82, 2.24) is 9.97 Å². The number of hydrogen-bond donors (Lipinski definition) is 1. The number of aryl methyl sites for hydroxylation is 1. The Balaban J connectivity index is 1.74. The molecule has 0 amide bonds. The Kier molecular flexibility index (Phi) is 4.53. The minimum atomic E-state index is 0.297. The number of ether oxygens (including phenoxy) is 1. The van der Waals surface area contributed by atoms with Crippen LogP contribution >= 0.6 is 0 Å². The summed E-state index contributed by atoms with van der Waals surface area (Å²) in [5, 5.41) is 3.37. The van der Waals surface area contributed by atoms with E-state index in [1.54, 1.807) is 0 Å². The molecular weight excluding hydrogens is 276 g/mol. The first-order valence-corrected chi connectivity index (χ1v) is 7.72. The van der Waals surface area contributed by atoms with Crippen LogP contribution in [-0.2, 0) is 4.74 Å². The number of anilines is 3. The fourth-order valence-electron chi connectivity index (χ4n) is 2.62. The Hall–Kier alpha value is -2.14. The second-order valence-corrected chi connectivity index (χ2v) is 5.57. The van der Waals surface area contributed by atoms with Crippen molar-refractivity contribution >= 4 is 17.3 Å². The van der Waals surface area contributed by atoms with Gasteiger partial charge in [-0.25, -0.2) is 9.97 Å². The second-order valence-electron chi connectivity index (χ2n) is 5.57. The average molecular weight is 298 g/mol. The van der Waals surface area contributed by atoms with Gasteiger partial charge in [0.1, 0.15) is 17.5 Å². The fourth-order valence-corrected chi connectivity index (χ4v) is 2.62. The number of rotatable bonds is 5. The number of nitrogens with zero attached hydrogens (tertiary/aromatic N) is 3. The van der Waals surface area contributed by atoms with Crippen LogP contribution in [0, 0.1) is 6.92 Å². The molecule has 1 N–H and O–H groups in total. The van der Waals surface area contributed by atoms with Crippen molar-refractivity contribution in [3.8, 4) is 0 Å². The maximum Gasteiger partial charge on any atom is 0.138 e. The summed E-state index contributed by atoms with van der Waals surface area (Å²) in [6, 6.07) is 12.2. The molecule has 1 aromatic heterocycles. The van der Waals surface area contributed by atoms with Crippen molar-refractivity contribution in [2.45, 2.75) is 25.9 Å². The summed E-state index contributed by atoms with van der Waals surface area (Å²) in [5.74, 6) is 2.49. The van der Waals surface area contributed by atoms with Crippen LogP contribution in [0.1, 0.15) is 18.7 Å². The lowest BCUT2D eigenvalue weighted by atomic mass is 10.2. The molecule has 1 fully saturated rings. The normalized spacial score (nSPS) is 17.5. The van der Waals surface area contributed by atoms with Gasteiger partial charge in [-0.1, -0.05) is 18.2 Å². The Morgan fingerprint density at radius 3 is 2.82 bits per heavy atom. The zero-order valence-corrected chi connectivity index (χ0v) is 13.1. The molecule has 1 saturated heterocycles. The Morgan fingerprint density at radius 1 is 1.27 bits per heavy atom. The monoisotopic (exact) mass is 298 g/mol. The van der Waals surface area contributed by atoms with Gasteiger partial charge < -0.3 is 15.0 Å². The lowest BCUT2D eigenvalue weighted by Gasteiger charge is -2.20. The highest BCUT2D eigenvalue weighted by Crippen LogP contribution is 2.23. The van der Waals surface area contributed by atoms with E-state index in [1.807, 2.05) is 38.2 Å². The van der Waals surface area contributed by atoms with Crippen molar-refractivity contribution in [3.63, 3.8) is 0 Å². The Bertz CT molecular complexity index is 611. The molecule has 0 bridgehead atoms. The summed E-state index contributed by atoms with van der Waals surface area (Å²) < 4.78 is 5.64. The van der Waals surface area contributed by atoms with Gasteiger partial charge in [0, 0.05) is 32.0 Å². The second kappa shape index (κ2) is 6.75. The third-order valence-corrected chi connectivity index (χ3v) is 3.85. The van der Waals surface area contributed by atoms with Crippen LogP contribution in [0.15, 0.2) is 36.4 Å². The first-order chi connectivity index (χ1) is 10.7. The predicted molar refractivity (Wildman–Crippen MR) is 88.7 cm³/mol. The molecule has 2 heterocycles. The number of nitrogens with one attached hydrogen (secondary N) is 1. The quantitative estimate of drug-likeness (QED) is 0.919. The van der Waals surface area contributed by atoms with E-state index in [2.05, 4.69) is 32.3 Å². The standard InChI is InChI=1S/C17H22N4O/c1-13-19-16(18-12-15-9-6-10-22-15)11-17(20-13)21(2)14-7-4-3-5-8-14/h3-5,7-8,11,15H,6,9-10,12H2,1-2H3,(H,18,19,20). The topological polar surface area (TPSA) is 50.3 Å². The molecule has 116 valence electrons. The lowest BCUT2D eigenvalue weighted by molar-refractivity contribution is 0.120. The van der Waals surface area contributed by atoms with Gasteiger partial charge in [0.2, 0.25) is 0 Å². The van der Waals surface area contributed by atoms with Gasteiger partial charge in [0.15, 0.2) is 0 Å². The van der Waals surface area contributed by atoms with E-state index in [0.29, 0.717) is 6.10 Å². The Morgan fingerprint density at radius 2 is 2.09 bits per heavy atom. The molecule has 22 heavy (non-hydrogen) atoms. The number of aromatic nitrogens is 2. The minimum absolute atomic E-state index is 0.297. The van der Waals surface area contributed by atoms with Crippen LogP contribution in [0.2, 0.25) is 0 Å². The molecule has 1 atom stereocenters. The summed E-state index contributed by atoms with van der Waals surface area (Å²) in [4.78, 5) is 11.1. The van der Waals surface area contributed by atoms with Crippen LogP contribution in [-0.4, -0.2) is 36.3 Å². The van der Waals surface area contributed by atoms with Crippen molar-refractivity contribution in [3.05, 3.63) is 42.2 Å². The number of benzene rings is 1. The van der Waals surface area contributed by atoms with Crippen LogP contribution in [0.4, 0.5) is 17.3 Å². The van der Waals surface area contributed by atoms with Gasteiger partial charge in [-0.3, -0.25) is 0 Å². The van der Waals surface area contributed by atoms with Gasteiger partial charge >= 0.3 is 0 Å². The van der Waals surface area contributed by atoms with Crippen LogP contribution in [0.25, 0.3) is 0 Å². The molecule has 1 aliphatic rings. The third kappa shape index (κ3) is 3.54. The lowest BCUT2D eigenvalue weighted by Crippen LogP contribution is -2.20. The summed E-state index contributed by atoms with van der Waals surface area (Å²) in [6.07, 6.45) is 2.57. The van der Waals surface area contributed by atoms with E-state index in [9.17, 15) is 0 Å². The first kappa shape index (κ1) is 14.8. The molecule has 1 aromatic carbocycles. The summed E-state index contributed by atoms with van der Waals surface area (Å²) in [5.41, 5.74) is 1.10. The molecule has 5 heteroatoms. The third-order valence-electron chi connectivity index (χ3n) is 3.85. The molecular formula is C17H22N4O. The van der Waals surface area contributed by atoms with E-state index < -0.39 is 0 Å². The maximum absolute atomic E-state index is 5.64. The van der Waals surface area contributed by atoms with E-state index >= 15 is 0 Å². The van der Waals surface area contributed by atoms with Crippen molar-refractivity contribution in [2.24, 2.45) is 0 Å². The van der Waals surface area contributed by atoms with Gasteiger partial charge in [0.25, 0.3) is 0 Å². The largest absolute Gasteiger partial charge is 0.376 e. The molecule has 3 rings (SSSR count). The molecule has 1 aliphatic heterocycles. The van der Waals surface area contributed by atoms with Crippen molar-refractivity contribution in [2.75, 3.05) is 30.4 Å². The smallest absolute Gasteiger partial charge is 0.138 e. The molecule has 2 aromatic rings. The highest BCUT2D eigenvalue weighted by Gasteiger charge is 2.15. The predicted octanol–water partition coefficient (Wildman–Crippen LogP) is 3.14. The van der Waals surface area contributed by atoms with E-state index in [4.69, 9.17) is 4.74 Å². The van der Waals surface area contributed by atoms with E-state index in [0.717, 1.165) is 49.1 Å².